The molecule has 3 heteroatoms. The summed E-state index contributed by atoms with van der Waals surface area (Å²) in [5.41, 5.74) is 3.19. The molecule has 0 aliphatic heterocycles. The third kappa shape index (κ3) is 6.66. The number of thioether (sulfide) groups is 1. The molecule has 0 aromatic heterocycles. The number of nitrogens with zero attached hydrogens (tertiary/aromatic N) is 1. The van der Waals surface area contributed by atoms with Crippen LogP contribution < -0.4 is 5.43 Å². The van der Waals surface area contributed by atoms with E-state index in [9.17, 15) is 0 Å². The van der Waals surface area contributed by atoms with E-state index in [0.717, 1.165) is 6.54 Å². The van der Waals surface area contributed by atoms with Crippen molar-refractivity contribution in [2.45, 2.75) is 19.8 Å². The Morgan fingerprint density at radius 3 is 2.55 bits per heavy atom. The fourth-order valence-corrected chi connectivity index (χ4v) is 1.29. The van der Waals surface area contributed by atoms with Crippen LogP contribution in [0.25, 0.3) is 0 Å². The molecule has 0 unspecified atom stereocenters. The van der Waals surface area contributed by atoms with Gasteiger partial charge in [-0.1, -0.05) is 13.3 Å². The van der Waals surface area contributed by atoms with Gasteiger partial charge in [0.2, 0.25) is 0 Å². The highest BCUT2D eigenvalue weighted by Crippen LogP contribution is 1.95. The molecule has 0 amide bonds. The highest BCUT2D eigenvalue weighted by atomic mass is 32.2. The minimum absolute atomic E-state index is 1.15. The molecule has 0 aromatic rings. The maximum absolute atomic E-state index is 3.19. The topological polar surface area (TPSA) is 15.3 Å². The van der Waals surface area contributed by atoms with Crippen molar-refractivity contribution in [2.24, 2.45) is 0 Å². The second kappa shape index (κ2) is 8.37. The lowest BCUT2D eigenvalue weighted by molar-refractivity contribution is 0.218. The quantitative estimate of drug-likeness (QED) is 0.593. The predicted octanol–water partition coefficient (Wildman–Crippen LogP) is 1.59. The summed E-state index contributed by atoms with van der Waals surface area (Å²) in [4.78, 5) is 0. The summed E-state index contributed by atoms with van der Waals surface area (Å²) in [6.07, 6.45) is 4.71. The van der Waals surface area contributed by atoms with Crippen LogP contribution in [0.3, 0.4) is 0 Å². The van der Waals surface area contributed by atoms with Crippen LogP contribution in [0.15, 0.2) is 0 Å². The summed E-state index contributed by atoms with van der Waals surface area (Å²) in [5, 5.41) is 2.28. The van der Waals surface area contributed by atoms with Gasteiger partial charge in [0.15, 0.2) is 0 Å². The van der Waals surface area contributed by atoms with Crippen LogP contribution >= 0.6 is 11.8 Å². The van der Waals surface area contributed by atoms with E-state index in [4.69, 9.17) is 0 Å². The molecule has 0 aliphatic rings. The fourth-order valence-electron chi connectivity index (χ4n) is 0.886. The number of hydrogen-bond donors (Lipinski definition) is 1. The lowest BCUT2D eigenvalue weighted by Crippen LogP contribution is -2.37. The molecule has 0 atom stereocenters. The van der Waals surface area contributed by atoms with Crippen LogP contribution in [-0.2, 0) is 0 Å². The van der Waals surface area contributed by atoms with Crippen molar-refractivity contribution in [1.29, 1.82) is 0 Å². The summed E-state index contributed by atoms with van der Waals surface area (Å²) in [5.74, 6) is 1.21. The Hall–Kier alpha value is 0.270. The lowest BCUT2D eigenvalue weighted by Gasteiger charge is -2.19. The Morgan fingerprint density at radius 1 is 1.36 bits per heavy atom. The molecule has 1 N–H and O–H groups in total. The first-order valence-electron chi connectivity index (χ1n) is 4.26. The smallest absolute Gasteiger partial charge is 0.0221 e. The van der Waals surface area contributed by atoms with E-state index in [2.05, 4.69) is 23.6 Å². The number of unbranched alkanes of at least 4 members (excludes halogenated alkanes) is 1. The third-order valence-electron chi connectivity index (χ3n) is 1.66. The zero-order valence-corrected chi connectivity index (χ0v) is 8.71. The van der Waals surface area contributed by atoms with Gasteiger partial charge in [0.25, 0.3) is 0 Å². The molecule has 0 aliphatic carbocycles. The van der Waals surface area contributed by atoms with E-state index in [0.29, 0.717) is 0 Å². The van der Waals surface area contributed by atoms with E-state index in [-0.39, 0.29) is 0 Å². The molecule has 0 heterocycles. The Morgan fingerprint density at radius 2 is 2.09 bits per heavy atom. The van der Waals surface area contributed by atoms with Gasteiger partial charge in [-0.2, -0.15) is 11.8 Å². The molecule has 68 valence electrons. The summed E-state index contributed by atoms with van der Waals surface area (Å²) >= 11 is 1.90. The van der Waals surface area contributed by atoms with Gasteiger partial charge in [-0.15, -0.1) is 0 Å². The van der Waals surface area contributed by atoms with Gasteiger partial charge in [0, 0.05) is 18.8 Å². The number of hydrazine groups is 1. The normalized spacial score (nSPS) is 10.9. The third-order valence-corrected chi connectivity index (χ3v) is 2.25. The molecule has 0 fully saturated rings. The largest absolute Gasteiger partial charge is 0.258 e. The monoisotopic (exact) mass is 176 g/mol. The van der Waals surface area contributed by atoms with E-state index >= 15 is 0 Å². The van der Waals surface area contributed by atoms with Crippen molar-refractivity contribution in [3.05, 3.63) is 0 Å². The molecule has 0 saturated heterocycles. The van der Waals surface area contributed by atoms with Crippen molar-refractivity contribution in [3.8, 4) is 0 Å². The zero-order chi connectivity index (χ0) is 8.53. The van der Waals surface area contributed by atoms with Crippen molar-refractivity contribution in [1.82, 2.24) is 10.4 Å². The van der Waals surface area contributed by atoms with E-state index in [1.807, 2.05) is 18.8 Å². The molecule has 2 nitrogen and oxygen atoms in total. The van der Waals surface area contributed by atoms with Gasteiger partial charge in [-0.05, 0) is 19.7 Å². The summed E-state index contributed by atoms with van der Waals surface area (Å²) < 4.78 is 0. The van der Waals surface area contributed by atoms with Crippen molar-refractivity contribution >= 4 is 11.8 Å². The molecule has 0 bridgehead atoms. The minimum Gasteiger partial charge on any atom is -0.258 e. The highest BCUT2D eigenvalue weighted by Gasteiger charge is 1.98. The van der Waals surface area contributed by atoms with Gasteiger partial charge >= 0.3 is 0 Å². The van der Waals surface area contributed by atoms with Crippen molar-refractivity contribution < 1.29 is 0 Å². The van der Waals surface area contributed by atoms with Gasteiger partial charge in [0.1, 0.15) is 0 Å². The van der Waals surface area contributed by atoms with Crippen molar-refractivity contribution in [2.75, 3.05) is 32.1 Å². The Balaban J connectivity index is 3.25. The molecule has 0 spiro atoms. The summed E-state index contributed by atoms with van der Waals surface area (Å²) in [6.45, 7) is 4.55. The molecular formula is C8H20N2S. The molecule has 11 heavy (non-hydrogen) atoms. The second-order valence-corrected chi connectivity index (χ2v) is 3.54. The second-order valence-electron chi connectivity index (χ2n) is 2.56. The molecule has 0 radical (unpaired) electrons. The van der Waals surface area contributed by atoms with E-state index in [1.165, 1.54) is 25.1 Å². The number of rotatable bonds is 7. The Kier molecular flexibility index (Phi) is 8.57. The van der Waals surface area contributed by atoms with Crippen LogP contribution in [-0.4, -0.2) is 37.2 Å². The summed E-state index contributed by atoms with van der Waals surface area (Å²) in [7, 11) is 2.00. The maximum Gasteiger partial charge on any atom is 0.0221 e. The van der Waals surface area contributed by atoms with Crippen LogP contribution in [0.5, 0.6) is 0 Å². The standard InChI is InChI=1S/C8H20N2S/c1-4-5-6-10(9-2)7-8-11-3/h9H,4-8H2,1-3H3. The first-order chi connectivity index (χ1) is 5.35. The first kappa shape index (κ1) is 11.3. The highest BCUT2D eigenvalue weighted by molar-refractivity contribution is 7.98. The van der Waals surface area contributed by atoms with E-state index < -0.39 is 0 Å². The molecule has 0 saturated carbocycles. The molecule has 0 rings (SSSR count). The Bertz CT molecular complexity index is 70.5. The molecular weight excluding hydrogens is 156 g/mol. The maximum atomic E-state index is 3.19. The van der Waals surface area contributed by atoms with E-state index in [1.54, 1.807) is 0 Å². The SMILES string of the molecule is CCCCN(CCSC)NC. The fraction of sp³-hybridized carbons (Fsp3) is 1.00. The number of nitrogens with one attached hydrogen (secondary N) is 1. The Labute approximate surface area is 74.7 Å². The van der Waals surface area contributed by atoms with Gasteiger partial charge in [-0.25, -0.2) is 5.01 Å². The van der Waals surface area contributed by atoms with Crippen LogP contribution in [0.1, 0.15) is 19.8 Å². The average Bonchev–Trinajstić information content (AvgIpc) is 2.05. The lowest BCUT2D eigenvalue weighted by atomic mass is 10.3. The van der Waals surface area contributed by atoms with Gasteiger partial charge in [-0.3, -0.25) is 5.43 Å². The van der Waals surface area contributed by atoms with Gasteiger partial charge in [0.05, 0.1) is 0 Å². The summed E-state index contributed by atoms with van der Waals surface area (Å²) in [6, 6.07) is 0. The van der Waals surface area contributed by atoms with Crippen LogP contribution in [0.4, 0.5) is 0 Å². The number of hydrogen-bond acceptors (Lipinski definition) is 3. The van der Waals surface area contributed by atoms with Gasteiger partial charge < -0.3 is 0 Å². The van der Waals surface area contributed by atoms with Crippen LogP contribution in [0, 0.1) is 0 Å². The molecule has 0 aromatic carbocycles. The van der Waals surface area contributed by atoms with Crippen LogP contribution in [0.2, 0.25) is 0 Å². The average molecular weight is 176 g/mol. The predicted molar refractivity (Wildman–Crippen MR) is 53.9 cm³/mol. The first-order valence-corrected chi connectivity index (χ1v) is 5.65. The van der Waals surface area contributed by atoms with Crippen molar-refractivity contribution in [3.63, 3.8) is 0 Å². The minimum atomic E-state index is 1.15. The zero-order valence-electron chi connectivity index (χ0n) is 7.89.